The van der Waals surface area contributed by atoms with Crippen molar-refractivity contribution in [3.8, 4) is 0 Å². The summed E-state index contributed by atoms with van der Waals surface area (Å²) in [5, 5.41) is 0. The van der Waals surface area contributed by atoms with E-state index in [1.807, 2.05) is 0 Å². The number of ether oxygens (including phenoxy) is 1. The number of hydrogen-bond acceptors (Lipinski definition) is 3. The van der Waals surface area contributed by atoms with E-state index in [0.717, 1.165) is 6.07 Å². The Labute approximate surface area is 114 Å². The van der Waals surface area contributed by atoms with Crippen molar-refractivity contribution >= 4 is 26.0 Å². The van der Waals surface area contributed by atoms with Crippen LogP contribution in [0.15, 0.2) is 27.6 Å². The van der Waals surface area contributed by atoms with E-state index in [1.54, 1.807) is 6.92 Å². The average Bonchev–Trinajstić information content (AvgIpc) is 2.63. The van der Waals surface area contributed by atoms with Crippen LogP contribution in [-0.2, 0) is 14.8 Å². The molecule has 100 valence electrons. The minimum Gasteiger partial charge on any atom is -0.377 e. The lowest BCUT2D eigenvalue weighted by molar-refractivity contribution is 0.117. The molecule has 0 saturated carbocycles. The molecule has 1 saturated heterocycles. The van der Waals surface area contributed by atoms with Gasteiger partial charge in [0.05, 0.1) is 12.1 Å². The van der Waals surface area contributed by atoms with Gasteiger partial charge in [-0.15, -0.1) is 0 Å². The number of rotatable bonds is 3. The molecule has 2 atom stereocenters. The van der Waals surface area contributed by atoms with Crippen LogP contribution in [0.25, 0.3) is 0 Å². The van der Waals surface area contributed by atoms with Crippen molar-refractivity contribution < 1.29 is 17.5 Å². The zero-order valence-electron chi connectivity index (χ0n) is 9.69. The molecule has 1 aliphatic rings. The van der Waals surface area contributed by atoms with E-state index >= 15 is 0 Å². The summed E-state index contributed by atoms with van der Waals surface area (Å²) in [4.78, 5) is -0.343. The summed E-state index contributed by atoms with van der Waals surface area (Å²) < 4.78 is 46.0. The third-order valence-electron chi connectivity index (χ3n) is 2.87. The molecule has 1 N–H and O–H groups in total. The second-order valence-corrected chi connectivity index (χ2v) is 6.77. The Morgan fingerprint density at radius 2 is 2.22 bits per heavy atom. The SMILES string of the molecule is C[C@H]1OCC[C@H]1NS(=O)(=O)c1ccc(Br)cc1F. The molecule has 0 aliphatic carbocycles. The van der Waals surface area contributed by atoms with Crippen LogP contribution < -0.4 is 4.72 Å². The second kappa shape index (κ2) is 5.24. The number of hydrogen-bond donors (Lipinski definition) is 1. The summed E-state index contributed by atoms with van der Waals surface area (Å²) >= 11 is 3.09. The number of sulfonamides is 1. The first-order valence-corrected chi connectivity index (χ1v) is 7.77. The molecule has 18 heavy (non-hydrogen) atoms. The highest BCUT2D eigenvalue weighted by Gasteiger charge is 2.30. The van der Waals surface area contributed by atoms with Gasteiger partial charge in [0.2, 0.25) is 10.0 Å². The molecule has 4 nitrogen and oxygen atoms in total. The van der Waals surface area contributed by atoms with Gasteiger partial charge in [0.25, 0.3) is 0 Å². The molecule has 1 aromatic carbocycles. The van der Waals surface area contributed by atoms with Gasteiger partial charge in [-0.2, -0.15) is 0 Å². The standard InChI is InChI=1S/C11H13BrFNO3S/c1-7-10(4-5-17-7)14-18(15,16)11-3-2-8(12)6-9(11)13/h2-3,6-7,10,14H,4-5H2,1H3/t7-,10-/m1/s1. The van der Waals surface area contributed by atoms with Gasteiger partial charge in [-0.25, -0.2) is 17.5 Å². The summed E-state index contributed by atoms with van der Waals surface area (Å²) in [5.41, 5.74) is 0. The van der Waals surface area contributed by atoms with E-state index < -0.39 is 15.8 Å². The van der Waals surface area contributed by atoms with Crippen LogP contribution in [0.4, 0.5) is 4.39 Å². The molecule has 2 rings (SSSR count). The van der Waals surface area contributed by atoms with Crippen LogP contribution in [0.5, 0.6) is 0 Å². The second-order valence-electron chi connectivity index (χ2n) is 4.17. The van der Waals surface area contributed by atoms with Crippen molar-refractivity contribution in [2.75, 3.05) is 6.61 Å². The molecule has 1 aliphatic heterocycles. The summed E-state index contributed by atoms with van der Waals surface area (Å²) in [6.45, 7) is 2.30. The first-order chi connectivity index (χ1) is 8.40. The average molecular weight is 338 g/mol. The van der Waals surface area contributed by atoms with Crippen molar-refractivity contribution in [1.82, 2.24) is 4.72 Å². The summed E-state index contributed by atoms with van der Waals surface area (Å²) in [6.07, 6.45) is 0.400. The Balaban J connectivity index is 2.25. The fourth-order valence-corrected chi connectivity index (χ4v) is 3.57. The Hall–Kier alpha value is -0.500. The lowest BCUT2D eigenvalue weighted by atomic mass is 10.2. The fourth-order valence-electron chi connectivity index (χ4n) is 1.84. The monoisotopic (exact) mass is 337 g/mol. The summed E-state index contributed by atoms with van der Waals surface area (Å²) in [5.74, 6) is -0.775. The molecule has 0 radical (unpaired) electrons. The van der Waals surface area contributed by atoms with Gasteiger partial charge in [-0.05, 0) is 31.5 Å². The Morgan fingerprint density at radius 3 is 2.78 bits per heavy atom. The highest BCUT2D eigenvalue weighted by atomic mass is 79.9. The smallest absolute Gasteiger partial charge is 0.243 e. The van der Waals surface area contributed by atoms with Crippen LogP contribution >= 0.6 is 15.9 Å². The maximum atomic E-state index is 13.6. The van der Waals surface area contributed by atoms with E-state index in [4.69, 9.17) is 4.74 Å². The highest BCUT2D eigenvalue weighted by Crippen LogP contribution is 2.21. The number of benzene rings is 1. The van der Waals surface area contributed by atoms with E-state index in [1.165, 1.54) is 12.1 Å². The Morgan fingerprint density at radius 1 is 1.50 bits per heavy atom. The maximum absolute atomic E-state index is 13.6. The summed E-state index contributed by atoms with van der Waals surface area (Å²) in [6, 6.07) is 3.55. The van der Waals surface area contributed by atoms with E-state index in [0.29, 0.717) is 17.5 Å². The van der Waals surface area contributed by atoms with Crippen LogP contribution in [0, 0.1) is 5.82 Å². The van der Waals surface area contributed by atoms with Gasteiger partial charge in [0.15, 0.2) is 0 Å². The molecule has 0 amide bonds. The first kappa shape index (κ1) is 13.9. The third-order valence-corrected chi connectivity index (χ3v) is 4.88. The molecule has 0 unspecified atom stereocenters. The quantitative estimate of drug-likeness (QED) is 0.918. The van der Waals surface area contributed by atoms with Crippen LogP contribution in [0.2, 0.25) is 0 Å². The van der Waals surface area contributed by atoms with Gasteiger partial charge in [-0.1, -0.05) is 15.9 Å². The predicted octanol–water partition coefficient (Wildman–Crippen LogP) is 2.04. The lowest BCUT2D eigenvalue weighted by Gasteiger charge is -2.16. The minimum atomic E-state index is -3.85. The highest BCUT2D eigenvalue weighted by molar-refractivity contribution is 9.10. The van der Waals surface area contributed by atoms with Crippen molar-refractivity contribution in [3.63, 3.8) is 0 Å². The maximum Gasteiger partial charge on any atom is 0.243 e. The van der Waals surface area contributed by atoms with Gasteiger partial charge in [0, 0.05) is 11.1 Å². The normalized spacial score (nSPS) is 24.4. The topological polar surface area (TPSA) is 55.4 Å². The molecule has 1 fully saturated rings. The molecule has 1 heterocycles. The number of nitrogens with one attached hydrogen (secondary N) is 1. The first-order valence-electron chi connectivity index (χ1n) is 5.49. The fraction of sp³-hybridized carbons (Fsp3) is 0.455. The Kier molecular flexibility index (Phi) is 4.05. The zero-order chi connectivity index (χ0) is 13.3. The Bertz CT molecular complexity index is 549. The van der Waals surface area contributed by atoms with Crippen LogP contribution in [0.1, 0.15) is 13.3 Å². The minimum absolute atomic E-state index is 0.196. The van der Waals surface area contributed by atoms with Gasteiger partial charge < -0.3 is 4.74 Å². The molecule has 7 heteroatoms. The zero-order valence-corrected chi connectivity index (χ0v) is 12.1. The molecule has 0 bridgehead atoms. The van der Waals surface area contributed by atoms with Crippen molar-refractivity contribution in [2.45, 2.75) is 30.4 Å². The molecule has 0 aromatic heterocycles. The molecular weight excluding hydrogens is 325 g/mol. The van der Waals surface area contributed by atoms with Crippen LogP contribution in [0.3, 0.4) is 0 Å². The molecule has 0 spiro atoms. The van der Waals surface area contributed by atoms with Crippen LogP contribution in [-0.4, -0.2) is 27.2 Å². The molecule has 1 aromatic rings. The van der Waals surface area contributed by atoms with Gasteiger partial charge in [-0.3, -0.25) is 0 Å². The largest absolute Gasteiger partial charge is 0.377 e. The molecular formula is C11H13BrFNO3S. The van der Waals surface area contributed by atoms with Gasteiger partial charge >= 0.3 is 0 Å². The van der Waals surface area contributed by atoms with E-state index in [9.17, 15) is 12.8 Å². The predicted molar refractivity (Wildman–Crippen MR) is 68.2 cm³/mol. The lowest BCUT2D eigenvalue weighted by Crippen LogP contribution is -2.39. The summed E-state index contributed by atoms with van der Waals surface area (Å²) in [7, 11) is -3.85. The third kappa shape index (κ3) is 2.90. The van der Waals surface area contributed by atoms with E-state index in [2.05, 4.69) is 20.7 Å². The van der Waals surface area contributed by atoms with E-state index in [-0.39, 0.29) is 17.0 Å². The number of halogens is 2. The van der Waals surface area contributed by atoms with Crippen molar-refractivity contribution in [2.24, 2.45) is 0 Å². The van der Waals surface area contributed by atoms with Crippen molar-refractivity contribution in [3.05, 3.63) is 28.5 Å². The van der Waals surface area contributed by atoms with Gasteiger partial charge in [0.1, 0.15) is 10.7 Å². The van der Waals surface area contributed by atoms with Crippen molar-refractivity contribution in [1.29, 1.82) is 0 Å².